The molecule has 2 rings (SSSR count). The van der Waals surface area contributed by atoms with Gasteiger partial charge >= 0.3 is 5.97 Å². The van der Waals surface area contributed by atoms with E-state index in [-0.39, 0.29) is 0 Å². The second-order valence-electron chi connectivity index (χ2n) is 4.63. The lowest BCUT2D eigenvalue weighted by Gasteiger charge is -2.17. The third-order valence-corrected chi connectivity index (χ3v) is 3.20. The number of rotatable bonds is 4. The van der Waals surface area contributed by atoms with Crippen molar-refractivity contribution in [2.24, 2.45) is 0 Å². The molecule has 2 aromatic rings. The fourth-order valence-corrected chi connectivity index (χ4v) is 1.93. The first kappa shape index (κ1) is 13.1. The molecular weight excluding hydrogens is 238 g/mol. The molecule has 0 saturated carbocycles. The Morgan fingerprint density at radius 1 is 1.05 bits per heavy atom. The molecule has 0 aliphatic rings. The molecular formula is C16H17NO2. The predicted molar refractivity (Wildman–Crippen MR) is 76.4 cm³/mol. The highest BCUT2D eigenvalue weighted by Crippen LogP contribution is 2.21. The molecule has 0 amide bonds. The van der Waals surface area contributed by atoms with Gasteiger partial charge in [-0.05, 0) is 42.7 Å². The van der Waals surface area contributed by atoms with Crippen molar-refractivity contribution in [3.8, 4) is 0 Å². The molecule has 0 bridgehead atoms. The Hall–Kier alpha value is -2.29. The van der Waals surface area contributed by atoms with Gasteiger partial charge in [0.15, 0.2) is 6.04 Å². The molecule has 3 nitrogen and oxygen atoms in total. The number of benzene rings is 2. The minimum atomic E-state index is -0.885. The summed E-state index contributed by atoms with van der Waals surface area (Å²) in [5.41, 5.74) is 3.90. The van der Waals surface area contributed by atoms with Crippen molar-refractivity contribution in [3.63, 3.8) is 0 Å². The molecule has 0 aliphatic heterocycles. The van der Waals surface area contributed by atoms with Crippen LogP contribution in [0.2, 0.25) is 0 Å². The summed E-state index contributed by atoms with van der Waals surface area (Å²) in [7, 11) is 0. The molecule has 19 heavy (non-hydrogen) atoms. The van der Waals surface area contributed by atoms with Crippen LogP contribution in [0.5, 0.6) is 0 Å². The zero-order valence-electron chi connectivity index (χ0n) is 11.1. The van der Waals surface area contributed by atoms with E-state index in [1.165, 1.54) is 5.56 Å². The van der Waals surface area contributed by atoms with E-state index < -0.39 is 12.0 Å². The Balaban J connectivity index is 2.27. The van der Waals surface area contributed by atoms with Crippen LogP contribution in [0.4, 0.5) is 5.69 Å². The van der Waals surface area contributed by atoms with Crippen LogP contribution in [0.15, 0.2) is 48.5 Å². The topological polar surface area (TPSA) is 49.3 Å². The zero-order chi connectivity index (χ0) is 13.8. The highest BCUT2D eigenvalue weighted by molar-refractivity contribution is 5.79. The highest BCUT2D eigenvalue weighted by Gasteiger charge is 2.19. The summed E-state index contributed by atoms with van der Waals surface area (Å²) < 4.78 is 0. The van der Waals surface area contributed by atoms with E-state index in [9.17, 15) is 9.90 Å². The maximum Gasteiger partial charge on any atom is 0.330 e. The van der Waals surface area contributed by atoms with Crippen LogP contribution in [0.25, 0.3) is 0 Å². The quantitative estimate of drug-likeness (QED) is 0.878. The van der Waals surface area contributed by atoms with Crippen LogP contribution in [0.1, 0.15) is 22.7 Å². The molecule has 3 heteroatoms. The SMILES string of the molecule is Cc1ccc(N[C@@H](C(=O)O)c2ccccc2)cc1C. The van der Waals surface area contributed by atoms with Crippen LogP contribution in [0, 0.1) is 13.8 Å². The molecule has 0 spiro atoms. The van der Waals surface area contributed by atoms with Gasteiger partial charge in [0, 0.05) is 5.69 Å². The first-order chi connectivity index (χ1) is 9.08. The number of nitrogens with one attached hydrogen (secondary N) is 1. The molecule has 0 fully saturated rings. The van der Waals surface area contributed by atoms with Crippen molar-refractivity contribution in [1.29, 1.82) is 0 Å². The summed E-state index contributed by atoms with van der Waals surface area (Å²) in [6.45, 7) is 4.05. The van der Waals surface area contributed by atoms with Crippen molar-refractivity contribution in [1.82, 2.24) is 0 Å². The number of carboxylic acid groups (broad SMARTS) is 1. The van der Waals surface area contributed by atoms with Crippen LogP contribution >= 0.6 is 0 Å². The average molecular weight is 255 g/mol. The lowest BCUT2D eigenvalue weighted by Crippen LogP contribution is -2.20. The van der Waals surface area contributed by atoms with E-state index in [1.807, 2.05) is 62.4 Å². The first-order valence-electron chi connectivity index (χ1n) is 6.19. The van der Waals surface area contributed by atoms with E-state index in [0.29, 0.717) is 0 Å². The zero-order valence-corrected chi connectivity index (χ0v) is 11.1. The van der Waals surface area contributed by atoms with Gasteiger partial charge in [-0.3, -0.25) is 0 Å². The lowest BCUT2D eigenvalue weighted by atomic mass is 10.1. The van der Waals surface area contributed by atoms with E-state index in [0.717, 1.165) is 16.8 Å². The molecule has 0 heterocycles. The normalized spacial score (nSPS) is 11.9. The molecule has 0 saturated heterocycles. The summed E-state index contributed by atoms with van der Waals surface area (Å²) in [4.78, 5) is 11.4. The number of aliphatic carboxylic acids is 1. The van der Waals surface area contributed by atoms with Crippen molar-refractivity contribution in [2.75, 3.05) is 5.32 Å². The predicted octanol–water partition coefficient (Wildman–Crippen LogP) is 3.54. The van der Waals surface area contributed by atoms with Crippen molar-refractivity contribution in [3.05, 3.63) is 65.2 Å². The van der Waals surface area contributed by atoms with Gasteiger partial charge in [-0.15, -0.1) is 0 Å². The minimum absolute atomic E-state index is 0.733. The number of anilines is 1. The third kappa shape index (κ3) is 3.13. The van der Waals surface area contributed by atoms with Crippen molar-refractivity contribution in [2.45, 2.75) is 19.9 Å². The minimum Gasteiger partial charge on any atom is -0.479 e. The summed E-state index contributed by atoms with van der Waals surface area (Å²) in [6, 6.07) is 14.3. The monoisotopic (exact) mass is 255 g/mol. The third-order valence-electron chi connectivity index (χ3n) is 3.20. The Labute approximate surface area is 112 Å². The fraction of sp³-hybridized carbons (Fsp3) is 0.188. The maximum atomic E-state index is 11.4. The number of carbonyl (C=O) groups is 1. The second kappa shape index (κ2) is 5.57. The summed E-state index contributed by atoms with van der Waals surface area (Å²) in [5, 5.41) is 12.4. The van der Waals surface area contributed by atoms with Gasteiger partial charge in [-0.1, -0.05) is 36.4 Å². The first-order valence-corrected chi connectivity index (χ1v) is 6.19. The average Bonchev–Trinajstić information content (AvgIpc) is 2.40. The van der Waals surface area contributed by atoms with Gasteiger partial charge in [0.25, 0.3) is 0 Å². The lowest BCUT2D eigenvalue weighted by molar-refractivity contribution is -0.138. The number of carboxylic acids is 1. The van der Waals surface area contributed by atoms with Crippen molar-refractivity contribution < 1.29 is 9.90 Å². The van der Waals surface area contributed by atoms with Gasteiger partial charge < -0.3 is 10.4 Å². The van der Waals surface area contributed by atoms with Crippen LogP contribution in [-0.4, -0.2) is 11.1 Å². The van der Waals surface area contributed by atoms with Gasteiger partial charge in [-0.25, -0.2) is 4.79 Å². The second-order valence-corrected chi connectivity index (χ2v) is 4.63. The standard InChI is InChI=1S/C16H17NO2/c1-11-8-9-14(10-12(11)2)17-15(16(18)19)13-6-4-3-5-7-13/h3-10,15,17H,1-2H3,(H,18,19)/t15-/m1/s1. The van der Waals surface area contributed by atoms with Crippen LogP contribution < -0.4 is 5.32 Å². The van der Waals surface area contributed by atoms with E-state index >= 15 is 0 Å². The van der Waals surface area contributed by atoms with E-state index in [4.69, 9.17) is 0 Å². The number of hydrogen-bond donors (Lipinski definition) is 2. The summed E-state index contributed by atoms with van der Waals surface area (Å²) in [6.07, 6.45) is 0. The molecule has 98 valence electrons. The molecule has 0 unspecified atom stereocenters. The summed E-state index contributed by atoms with van der Waals surface area (Å²) in [5.74, 6) is -0.885. The molecule has 0 aromatic heterocycles. The van der Waals surface area contributed by atoms with Crippen molar-refractivity contribution >= 4 is 11.7 Å². The molecule has 2 aromatic carbocycles. The molecule has 0 radical (unpaired) electrons. The van der Waals surface area contributed by atoms with E-state index in [1.54, 1.807) is 0 Å². The Bertz CT molecular complexity index is 579. The smallest absolute Gasteiger partial charge is 0.330 e. The van der Waals surface area contributed by atoms with Gasteiger partial charge in [0.1, 0.15) is 0 Å². The largest absolute Gasteiger partial charge is 0.479 e. The molecule has 0 aliphatic carbocycles. The molecule has 1 atom stereocenters. The van der Waals surface area contributed by atoms with Crippen LogP contribution in [0.3, 0.4) is 0 Å². The Kier molecular flexibility index (Phi) is 3.85. The maximum absolute atomic E-state index is 11.4. The molecule has 2 N–H and O–H groups in total. The number of aryl methyl sites for hydroxylation is 2. The van der Waals surface area contributed by atoms with E-state index in [2.05, 4.69) is 5.32 Å². The fourth-order valence-electron chi connectivity index (χ4n) is 1.93. The van der Waals surface area contributed by atoms with Gasteiger partial charge in [0.05, 0.1) is 0 Å². The number of hydrogen-bond acceptors (Lipinski definition) is 2. The van der Waals surface area contributed by atoms with Gasteiger partial charge in [0.2, 0.25) is 0 Å². The van der Waals surface area contributed by atoms with Crippen LogP contribution in [-0.2, 0) is 4.79 Å². The van der Waals surface area contributed by atoms with Gasteiger partial charge in [-0.2, -0.15) is 0 Å². The summed E-state index contributed by atoms with van der Waals surface area (Å²) >= 11 is 0. The Morgan fingerprint density at radius 3 is 2.32 bits per heavy atom. The highest BCUT2D eigenvalue weighted by atomic mass is 16.4. The Morgan fingerprint density at radius 2 is 1.74 bits per heavy atom.